The number of aryl methyl sites for hydroxylation is 1. The lowest BCUT2D eigenvalue weighted by Gasteiger charge is -2.10. The second kappa shape index (κ2) is 5.71. The molecular weight excluding hydrogens is 188 g/mol. The van der Waals surface area contributed by atoms with Crippen LogP contribution in [-0.2, 0) is 13.1 Å². The molecule has 3 heteroatoms. The molecule has 0 atom stereocenters. The fourth-order valence-corrected chi connectivity index (χ4v) is 1.67. The molecule has 2 N–H and O–H groups in total. The molecule has 0 aliphatic rings. The fourth-order valence-electron chi connectivity index (χ4n) is 1.67. The van der Waals surface area contributed by atoms with Crippen LogP contribution in [0.2, 0.25) is 0 Å². The van der Waals surface area contributed by atoms with Crippen molar-refractivity contribution in [1.82, 2.24) is 4.57 Å². The quantitative estimate of drug-likeness (QED) is 0.750. The first-order chi connectivity index (χ1) is 7.20. The second-order valence-corrected chi connectivity index (χ2v) is 3.87. The summed E-state index contributed by atoms with van der Waals surface area (Å²) in [5.74, 6) is 0. The third kappa shape index (κ3) is 2.93. The van der Waals surface area contributed by atoms with Gasteiger partial charge in [0.1, 0.15) is 0 Å². The van der Waals surface area contributed by atoms with Gasteiger partial charge in [-0.2, -0.15) is 0 Å². The van der Waals surface area contributed by atoms with Crippen molar-refractivity contribution in [3.8, 4) is 0 Å². The van der Waals surface area contributed by atoms with E-state index < -0.39 is 0 Å². The number of hydrogen-bond acceptors (Lipinski definition) is 2. The van der Waals surface area contributed by atoms with E-state index in [2.05, 4.69) is 6.92 Å². The van der Waals surface area contributed by atoms with E-state index in [9.17, 15) is 4.79 Å². The molecule has 0 unspecified atom stereocenters. The van der Waals surface area contributed by atoms with Gasteiger partial charge in [0.25, 0.3) is 5.56 Å². The molecule has 15 heavy (non-hydrogen) atoms. The minimum absolute atomic E-state index is 0.0774. The van der Waals surface area contributed by atoms with E-state index in [0.717, 1.165) is 18.7 Å². The molecule has 0 aromatic carbocycles. The van der Waals surface area contributed by atoms with Crippen LogP contribution in [0.5, 0.6) is 0 Å². The molecule has 0 spiro atoms. The Hall–Kier alpha value is -1.09. The van der Waals surface area contributed by atoms with Crippen LogP contribution in [-0.4, -0.2) is 4.57 Å². The molecule has 84 valence electrons. The molecule has 1 aromatic rings. The van der Waals surface area contributed by atoms with Gasteiger partial charge >= 0.3 is 0 Å². The van der Waals surface area contributed by atoms with Gasteiger partial charge < -0.3 is 10.3 Å². The van der Waals surface area contributed by atoms with Crippen LogP contribution < -0.4 is 11.3 Å². The van der Waals surface area contributed by atoms with E-state index in [1.165, 1.54) is 12.8 Å². The summed E-state index contributed by atoms with van der Waals surface area (Å²) in [6.07, 6.45) is 3.40. The summed E-state index contributed by atoms with van der Waals surface area (Å²) in [5, 5.41) is 0. The average molecular weight is 208 g/mol. The zero-order valence-corrected chi connectivity index (χ0v) is 9.62. The lowest BCUT2D eigenvalue weighted by molar-refractivity contribution is 0.572. The van der Waals surface area contributed by atoms with Gasteiger partial charge in [0.2, 0.25) is 0 Å². The normalized spacial score (nSPS) is 10.6. The minimum atomic E-state index is 0.0774. The molecule has 0 fully saturated rings. The van der Waals surface area contributed by atoms with E-state index >= 15 is 0 Å². The van der Waals surface area contributed by atoms with E-state index in [1.807, 2.05) is 23.6 Å². The Balaban J connectivity index is 2.89. The summed E-state index contributed by atoms with van der Waals surface area (Å²) in [5.41, 5.74) is 7.32. The van der Waals surface area contributed by atoms with Gasteiger partial charge in [-0.1, -0.05) is 25.8 Å². The SMILES string of the molecule is CCCCCn1c(C)ccc(CN)c1=O. The summed E-state index contributed by atoms with van der Waals surface area (Å²) in [7, 11) is 0. The van der Waals surface area contributed by atoms with Crippen LogP contribution >= 0.6 is 0 Å². The molecule has 3 nitrogen and oxygen atoms in total. The van der Waals surface area contributed by atoms with Gasteiger partial charge in [0.05, 0.1) is 0 Å². The molecule has 1 aromatic heterocycles. The predicted octanol–water partition coefficient (Wildman–Crippen LogP) is 1.81. The molecule has 0 aliphatic carbocycles. The van der Waals surface area contributed by atoms with Crippen molar-refractivity contribution >= 4 is 0 Å². The standard InChI is InChI=1S/C12H20N2O/c1-3-4-5-8-14-10(2)6-7-11(9-13)12(14)15/h6-7H,3-5,8-9,13H2,1-2H3. The highest BCUT2D eigenvalue weighted by molar-refractivity contribution is 5.15. The maximum atomic E-state index is 11.9. The third-order valence-electron chi connectivity index (χ3n) is 2.68. The minimum Gasteiger partial charge on any atom is -0.326 e. The van der Waals surface area contributed by atoms with Gasteiger partial charge in [0, 0.05) is 24.3 Å². The van der Waals surface area contributed by atoms with Crippen LogP contribution in [0.3, 0.4) is 0 Å². The van der Waals surface area contributed by atoms with Crippen LogP contribution in [0.25, 0.3) is 0 Å². The van der Waals surface area contributed by atoms with Crippen molar-refractivity contribution in [2.75, 3.05) is 0 Å². The van der Waals surface area contributed by atoms with Gasteiger partial charge in [-0.3, -0.25) is 4.79 Å². The lowest BCUT2D eigenvalue weighted by Crippen LogP contribution is -2.26. The smallest absolute Gasteiger partial charge is 0.255 e. The number of aromatic nitrogens is 1. The van der Waals surface area contributed by atoms with Crippen LogP contribution in [0.1, 0.15) is 37.4 Å². The average Bonchev–Trinajstić information content (AvgIpc) is 2.23. The van der Waals surface area contributed by atoms with E-state index in [4.69, 9.17) is 5.73 Å². The summed E-state index contributed by atoms with van der Waals surface area (Å²) in [6, 6.07) is 3.80. The first-order valence-corrected chi connectivity index (χ1v) is 5.60. The lowest BCUT2D eigenvalue weighted by atomic mass is 10.2. The van der Waals surface area contributed by atoms with Crippen molar-refractivity contribution < 1.29 is 0 Å². The number of rotatable bonds is 5. The zero-order chi connectivity index (χ0) is 11.3. The molecular formula is C12H20N2O. The first kappa shape index (κ1) is 12.0. The highest BCUT2D eigenvalue weighted by Crippen LogP contribution is 2.02. The number of nitrogens with zero attached hydrogens (tertiary/aromatic N) is 1. The summed E-state index contributed by atoms with van der Waals surface area (Å²) >= 11 is 0. The molecule has 1 heterocycles. The number of pyridine rings is 1. The summed E-state index contributed by atoms with van der Waals surface area (Å²) in [4.78, 5) is 11.9. The van der Waals surface area contributed by atoms with E-state index in [0.29, 0.717) is 12.1 Å². The maximum Gasteiger partial charge on any atom is 0.255 e. The Labute approximate surface area is 90.9 Å². The number of nitrogens with two attached hydrogens (primary N) is 1. The van der Waals surface area contributed by atoms with E-state index in [-0.39, 0.29) is 5.56 Å². The molecule has 0 saturated heterocycles. The first-order valence-electron chi connectivity index (χ1n) is 5.60. The highest BCUT2D eigenvalue weighted by atomic mass is 16.1. The molecule has 0 amide bonds. The third-order valence-corrected chi connectivity index (χ3v) is 2.68. The van der Waals surface area contributed by atoms with Crippen molar-refractivity contribution in [2.24, 2.45) is 5.73 Å². The van der Waals surface area contributed by atoms with Gasteiger partial charge in [-0.25, -0.2) is 0 Å². The van der Waals surface area contributed by atoms with Crippen molar-refractivity contribution in [2.45, 2.75) is 46.2 Å². The van der Waals surface area contributed by atoms with E-state index in [1.54, 1.807) is 0 Å². The molecule has 0 saturated carbocycles. The molecule has 0 bridgehead atoms. The molecule has 0 radical (unpaired) electrons. The Morgan fingerprint density at radius 3 is 2.67 bits per heavy atom. The van der Waals surface area contributed by atoms with Crippen molar-refractivity contribution in [1.29, 1.82) is 0 Å². The fraction of sp³-hybridized carbons (Fsp3) is 0.583. The highest BCUT2D eigenvalue weighted by Gasteiger charge is 2.04. The topological polar surface area (TPSA) is 48.0 Å². The Morgan fingerprint density at radius 1 is 1.33 bits per heavy atom. The monoisotopic (exact) mass is 208 g/mol. The summed E-state index contributed by atoms with van der Waals surface area (Å²) < 4.78 is 1.83. The predicted molar refractivity (Wildman–Crippen MR) is 62.9 cm³/mol. The van der Waals surface area contributed by atoms with Crippen LogP contribution in [0.15, 0.2) is 16.9 Å². The molecule has 1 rings (SSSR count). The van der Waals surface area contributed by atoms with Gasteiger partial charge in [-0.05, 0) is 19.4 Å². The second-order valence-electron chi connectivity index (χ2n) is 3.87. The number of hydrogen-bond donors (Lipinski definition) is 1. The van der Waals surface area contributed by atoms with Crippen LogP contribution in [0, 0.1) is 6.92 Å². The van der Waals surface area contributed by atoms with Crippen LogP contribution in [0.4, 0.5) is 0 Å². The Kier molecular flexibility index (Phi) is 4.56. The Morgan fingerprint density at radius 2 is 2.07 bits per heavy atom. The van der Waals surface area contributed by atoms with Crippen molar-refractivity contribution in [3.05, 3.63) is 33.7 Å². The molecule has 0 aliphatic heterocycles. The Bertz CT molecular complexity index is 368. The zero-order valence-electron chi connectivity index (χ0n) is 9.62. The van der Waals surface area contributed by atoms with Gasteiger partial charge in [0.15, 0.2) is 0 Å². The van der Waals surface area contributed by atoms with Crippen molar-refractivity contribution in [3.63, 3.8) is 0 Å². The summed E-state index contributed by atoms with van der Waals surface area (Å²) in [6.45, 7) is 5.26. The number of unbranched alkanes of at least 4 members (excludes halogenated alkanes) is 2. The van der Waals surface area contributed by atoms with Gasteiger partial charge in [-0.15, -0.1) is 0 Å². The maximum absolute atomic E-state index is 11.9. The largest absolute Gasteiger partial charge is 0.326 e.